The molecule has 0 unspecified atom stereocenters. The molecule has 0 saturated carbocycles. The van der Waals surface area contributed by atoms with E-state index < -0.39 is 0 Å². The van der Waals surface area contributed by atoms with Gasteiger partial charge in [0.05, 0.1) is 10.0 Å². The highest BCUT2D eigenvalue weighted by Crippen LogP contribution is 2.50. The van der Waals surface area contributed by atoms with Crippen LogP contribution in [0.5, 0.6) is 0 Å². The van der Waals surface area contributed by atoms with Gasteiger partial charge in [-0.2, -0.15) is 0 Å². The standard InChI is InChI=1S/C10H12N4S2/c1-5-11-7-9(15-5)14(4)8-10(13(7)3)16-6(2)12-8/h1-4H3. The molecule has 0 spiro atoms. The molecule has 6 heteroatoms. The van der Waals surface area contributed by atoms with Gasteiger partial charge in [0.2, 0.25) is 0 Å². The molecular weight excluding hydrogens is 240 g/mol. The number of hydrogen-bond acceptors (Lipinski definition) is 6. The minimum Gasteiger partial charge on any atom is -0.316 e. The Labute approximate surface area is 102 Å². The maximum Gasteiger partial charge on any atom is 0.169 e. The quantitative estimate of drug-likeness (QED) is 0.721. The molecule has 84 valence electrons. The van der Waals surface area contributed by atoms with Crippen molar-refractivity contribution < 1.29 is 0 Å². The summed E-state index contributed by atoms with van der Waals surface area (Å²) in [7, 11) is 4.11. The fourth-order valence-electron chi connectivity index (χ4n) is 1.88. The van der Waals surface area contributed by atoms with E-state index in [-0.39, 0.29) is 0 Å². The van der Waals surface area contributed by atoms with Crippen LogP contribution in [-0.4, -0.2) is 24.1 Å². The van der Waals surface area contributed by atoms with Crippen molar-refractivity contribution in [1.82, 2.24) is 9.97 Å². The van der Waals surface area contributed by atoms with Crippen LogP contribution < -0.4 is 9.80 Å². The molecule has 2 aromatic heterocycles. The van der Waals surface area contributed by atoms with Crippen LogP contribution in [0.1, 0.15) is 10.0 Å². The van der Waals surface area contributed by atoms with Crippen molar-refractivity contribution in [2.24, 2.45) is 0 Å². The number of rotatable bonds is 0. The summed E-state index contributed by atoms with van der Waals surface area (Å²) in [6.07, 6.45) is 0. The van der Waals surface area contributed by atoms with Crippen LogP contribution in [0.25, 0.3) is 0 Å². The van der Waals surface area contributed by atoms with Crippen LogP contribution in [0.4, 0.5) is 21.6 Å². The number of anilines is 4. The molecule has 1 aliphatic rings. The third kappa shape index (κ3) is 1.20. The summed E-state index contributed by atoms with van der Waals surface area (Å²) in [5.41, 5.74) is 0. The third-order valence-corrected chi connectivity index (χ3v) is 4.72. The predicted molar refractivity (Wildman–Crippen MR) is 69.8 cm³/mol. The van der Waals surface area contributed by atoms with E-state index in [0.717, 1.165) is 21.7 Å². The smallest absolute Gasteiger partial charge is 0.169 e. The van der Waals surface area contributed by atoms with Gasteiger partial charge in [-0.1, -0.05) is 22.7 Å². The molecule has 3 heterocycles. The first-order valence-electron chi connectivity index (χ1n) is 5.00. The lowest BCUT2D eigenvalue weighted by molar-refractivity contribution is 1.05. The van der Waals surface area contributed by atoms with E-state index >= 15 is 0 Å². The summed E-state index contributed by atoms with van der Waals surface area (Å²) in [6.45, 7) is 4.08. The monoisotopic (exact) mass is 252 g/mol. The highest BCUT2D eigenvalue weighted by Gasteiger charge is 2.30. The van der Waals surface area contributed by atoms with Gasteiger partial charge < -0.3 is 9.80 Å². The number of thiazole rings is 2. The largest absolute Gasteiger partial charge is 0.316 e. The first-order chi connectivity index (χ1) is 7.58. The second-order valence-electron chi connectivity index (χ2n) is 3.84. The summed E-state index contributed by atoms with van der Waals surface area (Å²) >= 11 is 3.43. The molecule has 0 amide bonds. The average Bonchev–Trinajstić information content (AvgIpc) is 2.78. The molecule has 1 aliphatic heterocycles. The van der Waals surface area contributed by atoms with E-state index in [4.69, 9.17) is 0 Å². The van der Waals surface area contributed by atoms with Gasteiger partial charge in [0.25, 0.3) is 0 Å². The molecule has 16 heavy (non-hydrogen) atoms. The first-order valence-corrected chi connectivity index (χ1v) is 6.63. The first kappa shape index (κ1) is 10.0. The summed E-state index contributed by atoms with van der Waals surface area (Å²) in [6, 6.07) is 0. The van der Waals surface area contributed by atoms with Crippen LogP contribution in [0, 0.1) is 13.8 Å². The summed E-state index contributed by atoms with van der Waals surface area (Å²) in [4.78, 5) is 13.4. The van der Waals surface area contributed by atoms with Crippen molar-refractivity contribution in [2.75, 3.05) is 23.9 Å². The van der Waals surface area contributed by atoms with E-state index in [2.05, 4.69) is 33.9 Å². The Morgan fingerprint density at radius 3 is 1.56 bits per heavy atom. The minimum absolute atomic E-state index is 1.04. The number of aryl methyl sites for hydroxylation is 2. The molecule has 3 rings (SSSR count). The normalized spacial score (nSPS) is 14.0. The molecule has 0 aromatic carbocycles. The predicted octanol–water partition coefficient (Wildman–Crippen LogP) is 3.07. The molecule has 0 atom stereocenters. The summed E-state index contributed by atoms with van der Waals surface area (Å²) in [5, 5.41) is 4.54. The molecular formula is C10H12N4S2. The highest BCUT2D eigenvalue weighted by molar-refractivity contribution is 7.18. The molecule has 0 radical (unpaired) electrons. The number of aromatic nitrogens is 2. The Balaban J connectivity index is 2.24. The summed E-state index contributed by atoms with van der Waals surface area (Å²) in [5.74, 6) is 2.09. The second-order valence-corrected chi connectivity index (χ2v) is 6.20. The Hall–Kier alpha value is -1.14. The molecule has 0 fully saturated rings. The van der Waals surface area contributed by atoms with Crippen LogP contribution in [0.15, 0.2) is 0 Å². The van der Waals surface area contributed by atoms with Crippen molar-refractivity contribution in [3.05, 3.63) is 10.0 Å². The van der Waals surface area contributed by atoms with Gasteiger partial charge in [-0.05, 0) is 13.8 Å². The van der Waals surface area contributed by atoms with Gasteiger partial charge in [0, 0.05) is 14.1 Å². The SMILES string of the molecule is Cc1nc2c(s1)N(C)c1nc(C)sc1N2C. The second kappa shape index (κ2) is 3.18. The van der Waals surface area contributed by atoms with Crippen molar-refractivity contribution in [3.63, 3.8) is 0 Å². The Kier molecular flexibility index (Phi) is 1.99. The fourth-order valence-corrected chi connectivity index (χ4v) is 3.70. The Bertz CT molecular complexity index is 464. The van der Waals surface area contributed by atoms with Crippen LogP contribution >= 0.6 is 22.7 Å². The molecule has 0 bridgehead atoms. The van der Waals surface area contributed by atoms with E-state index in [1.54, 1.807) is 22.7 Å². The van der Waals surface area contributed by atoms with Crippen molar-refractivity contribution in [3.8, 4) is 0 Å². The minimum atomic E-state index is 1.04. The molecule has 4 nitrogen and oxygen atoms in total. The Morgan fingerprint density at radius 1 is 0.812 bits per heavy atom. The molecule has 2 aromatic rings. The lowest BCUT2D eigenvalue weighted by Crippen LogP contribution is -2.22. The summed E-state index contributed by atoms with van der Waals surface area (Å²) < 4.78 is 0. The third-order valence-electron chi connectivity index (χ3n) is 2.64. The zero-order valence-electron chi connectivity index (χ0n) is 9.61. The van der Waals surface area contributed by atoms with Crippen molar-refractivity contribution in [1.29, 1.82) is 0 Å². The topological polar surface area (TPSA) is 32.3 Å². The van der Waals surface area contributed by atoms with Crippen molar-refractivity contribution >= 4 is 44.3 Å². The lowest BCUT2D eigenvalue weighted by atomic mass is 10.4. The zero-order valence-corrected chi connectivity index (χ0v) is 11.2. The van der Waals surface area contributed by atoms with Crippen molar-refractivity contribution in [2.45, 2.75) is 13.8 Å². The van der Waals surface area contributed by atoms with E-state index in [9.17, 15) is 0 Å². The highest BCUT2D eigenvalue weighted by atomic mass is 32.1. The lowest BCUT2D eigenvalue weighted by Gasteiger charge is -2.28. The number of hydrogen-bond donors (Lipinski definition) is 0. The van der Waals surface area contributed by atoms with E-state index in [1.165, 1.54) is 10.0 Å². The maximum absolute atomic E-state index is 4.57. The van der Waals surface area contributed by atoms with Gasteiger partial charge in [-0.15, -0.1) is 0 Å². The van der Waals surface area contributed by atoms with Crippen LogP contribution in [0.3, 0.4) is 0 Å². The van der Waals surface area contributed by atoms with E-state index in [0.29, 0.717) is 0 Å². The fraction of sp³-hybridized carbons (Fsp3) is 0.400. The van der Waals surface area contributed by atoms with Gasteiger partial charge in [-0.3, -0.25) is 0 Å². The molecule has 0 aliphatic carbocycles. The van der Waals surface area contributed by atoms with Gasteiger partial charge in [-0.25, -0.2) is 9.97 Å². The molecule has 0 N–H and O–H groups in total. The van der Waals surface area contributed by atoms with Gasteiger partial charge >= 0.3 is 0 Å². The van der Waals surface area contributed by atoms with Gasteiger partial charge in [0.1, 0.15) is 10.0 Å². The van der Waals surface area contributed by atoms with Gasteiger partial charge in [0.15, 0.2) is 11.6 Å². The van der Waals surface area contributed by atoms with E-state index in [1.807, 2.05) is 13.8 Å². The number of fused-ring (bicyclic) bond motifs is 2. The average molecular weight is 252 g/mol. The maximum atomic E-state index is 4.57. The Morgan fingerprint density at radius 2 is 1.19 bits per heavy atom. The zero-order chi connectivity index (χ0) is 11.4. The number of nitrogens with zero attached hydrogens (tertiary/aromatic N) is 4. The molecule has 0 saturated heterocycles. The van der Waals surface area contributed by atoms with Crippen LogP contribution in [-0.2, 0) is 0 Å². The van der Waals surface area contributed by atoms with Crippen LogP contribution in [0.2, 0.25) is 0 Å².